The van der Waals surface area contributed by atoms with Gasteiger partial charge < -0.3 is 15.4 Å². The number of hydrogen-bond donors (Lipinski definition) is 2. The third-order valence-electron chi connectivity index (χ3n) is 3.24. The molecule has 2 aromatic rings. The SMILES string of the molecule is O=C(NCCCc1ccccc1)NCCOc1ccc(Br)cc1. The van der Waals surface area contributed by atoms with Crippen LogP contribution in [0.1, 0.15) is 12.0 Å². The van der Waals surface area contributed by atoms with Gasteiger partial charge in [-0.1, -0.05) is 46.3 Å². The Kier molecular flexibility index (Phi) is 7.46. The molecule has 0 unspecified atom stereocenters. The normalized spacial score (nSPS) is 10.1. The molecule has 0 aliphatic rings. The van der Waals surface area contributed by atoms with Gasteiger partial charge in [-0.3, -0.25) is 0 Å². The van der Waals surface area contributed by atoms with Crippen molar-refractivity contribution in [2.75, 3.05) is 19.7 Å². The number of halogens is 1. The third kappa shape index (κ3) is 7.19. The lowest BCUT2D eigenvalue weighted by atomic mass is 10.1. The molecule has 4 nitrogen and oxygen atoms in total. The number of urea groups is 1. The molecule has 2 rings (SSSR count). The minimum absolute atomic E-state index is 0.155. The summed E-state index contributed by atoms with van der Waals surface area (Å²) in [6.07, 6.45) is 1.89. The predicted molar refractivity (Wildman–Crippen MR) is 95.8 cm³/mol. The summed E-state index contributed by atoms with van der Waals surface area (Å²) >= 11 is 3.37. The van der Waals surface area contributed by atoms with Crippen LogP contribution in [0.5, 0.6) is 5.75 Å². The molecule has 0 aliphatic carbocycles. The number of ether oxygens (including phenoxy) is 1. The Morgan fingerprint density at radius 1 is 0.957 bits per heavy atom. The van der Waals surface area contributed by atoms with Crippen LogP contribution >= 0.6 is 15.9 Å². The molecule has 0 fully saturated rings. The zero-order valence-electron chi connectivity index (χ0n) is 12.9. The second-order valence-electron chi connectivity index (χ2n) is 5.07. The summed E-state index contributed by atoms with van der Waals surface area (Å²) in [6, 6.07) is 17.7. The zero-order valence-corrected chi connectivity index (χ0v) is 14.5. The standard InChI is InChI=1S/C18H21BrN2O2/c19-16-8-10-17(11-9-16)23-14-13-21-18(22)20-12-4-7-15-5-2-1-3-6-15/h1-3,5-6,8-11H,4,7,12-14H2,(H2,20,21,22). The maximum Gasteiger partial charge on any atom is 0.314 e. The predicted octanol–water partition coefficient (Wildman–Crippen LogP) is 3.76. The smallest absolute Gasteiger partial charge is 0.314 e. The summed E-state index contributed by atoms with van der Waals surface area (Å²) in [6.45, 7) is 1.58. The van der Waals surface area contributed by atoms with Crippen molar-refractivity contribution < 1.29 is 9.53 Å². The van der Waals surface area contributed by atoms with Crippen molar-refractivity contribution in [2.45, 2.75) is 12.8 Å². The van der Waals surface area contributed by atoms with Gasteiger partial charge in [0.1, 0.15) is 12.4 Å². The van der Waals surface area contributed by atoms with E-state index in [1.807, 2.05) is 42.5 Å². The molecule has 0 heterocycles. The number of carbonyl (C=O) groups excluding carboxylic acids is 1. The number of amides is 2. The molecular weight excluding hydrogens is 356 g/mol. The highest BCUT2D eigenvalue weighted by molar-refractivity contribution is 9.10. The molecule has 0 aromatic heterocycles. The summed E-state index contributed by atoms with van der Waals surface area (Å²) in [5.41, 5.74) is 1.29. The van der Waals surface area contributed by atoms with E-state index in [0.717, 1.165) is 23.1 Å². The van der Waals surface area contributed by atoms with Crippen LogP contribution in [0, 0.1) is 0 Å². The second kappa shape index (κ2) is 9.90. The molecular formula is C18H21BrN2O2. The monoisotopic (exact) mass is 376 g/mol. The minimum Gasteiger partial charge on any atom is -0.492 e. The first-order valence-corrected chi connectivity index (χ1v) is 8.47. The van der Waals surface area contributed by atoms with Gasteiger partial charge in [0.05, 0.1) is 6.54 Å². The van der Waals surface area contributed by atoms with Crippen molar-refractivity contribution in [2.24, 2.45) is 0 Å². The fourth-order valence-electron chi connectivity index (χ4n) is 2.07. The van der Waals surface area contributed by atoms with E-state index < -0.39 is 0 Å². The number of aryl methyl sites for hydroxylation is 1. The molecule has 2 amide bonds. The number of carbonyl (C=O) groups is 1. The molecule has 0 aliphatic heterocycles. The average molecular weight is 377 g/mol. The lowest BCUT2D eigenvalue weighted by Gasteiger charge is -2.09. The minimum atomic E-state index is -0.155. The van der Waals surface area contributed by atoms with Crippen molar-refractivity contribution in [1.29, 1.82) is 0 Å². The molecule has 5 heteroatoms. The molecule has 0 saturated heterocycles. The average Bonchev–Trinajstić information content (AvgIpc) is 2.58. The van der Waals surface area contributed by atoms with Crippen LogP contribution in [0.4, 0.5) is 4.79 Å². The summed E-state index contributed by atoms with van der Waals surface area (Å²) in [4.78, 5) is 11.6. The molecule has 0 saturated carbocycles. The Balaban J connectivity index is 1.51. The highest BCUT2D eigenvalue weighted by Crippen LogP contribution is 2.15. The molecule has 0 bridgehead atoms. The van der Waals surface area contributed by atoms with Crippen molar-refractivity contribution >= 4 is 22.0 Å². The highest BCUT2D eigenvalue weighted by atomic mass is 79.9. The van der Waals surface area contributed by atoms with Gasteiger partial charge in [-0.15, -0.1) is 0 Å². The van der Waals surface area contributed by atoms with Crippen molar-refractivity contribution in [3.8, 4) is 5.75 Å². The van der Waals surface area contributed by atoms with E-state index in [1.54, 1.807) is 0 Å². The van der Waals surface area contributed by atoms with Crippen LogP contribution in [0.2, 0.25) is 0 Å². The molecule has 0 spiro atoms. The molecule has 2 aromatic carbocycles. The van der Waals surface area contributed by atoms with Gasteiger partial charge in [-0.25, -0.2) is 4.79 Å². The molecule has 0 atom stereocenters. The van der Waals surface area contributed by atoms with Crippen LogP contribution in [0.3, 0.4) is 0 Å². The zero-order chi connectivity index (χ0) is 16.3. The van der Waals surface area contributed by atoms with Gasteiger partial charge in [-0.05, 0) is 42.7 Å². The molecule has 23 heavy (non-hydrogen) atoms. The summed E-state index contributed by atoms with van der Waals surface area (Å²) < 4.78 is 6.54. The summed E-state index contributed by atoms with van der Waals surface area (Å²) in [7, 11) is 0. The van der Waals surface area contributed by atoms with Gasteiger partial charge in [0.2, 0.25) is 0 Å². The van der Waals surface area contributed by atoms with E-state index in [1.165, 1.54) is 5.56 Å². The van der Waals surface area contributed by atoms with E-state index in [4.69, 9.17) is 4.74 Å². The Labute approximate surface area is 145 Å². The lowest BCUT2D eigenvalue weighted by molar-refractivity contribution is 0.236. The maximum atomic E-state index is 11.6. The Hall–Kier alpha value is -2.01. The number of rotatable bonds is 8. The summed E-state index contributed by atoms with van der Waals surface area (Å²) in [5.74, 6) is 0.790. The van der Waals surface area contributed by atoms with Crippen molar-refractivity contribution in [3.63, 3.8) is 0 Å². The first-order chi connectivity index (χ1) is 11.2. The molecule has 122 valence electrons. The summed E-state index contributed by atoms with van der Waals surface area (Å²) in [5, 5.41) is 5.63. The second-order valence-corrected chi connectivity index (χ2v) is 5.99. The van der Waals surface area contributed by atoms with Crippen LogP contribution in [-0.2, 0) is 6.42 Å². The number of nitrogens with one attached hydrogen (secondary N) is 2. The Morgan fingerprint density at radius 2 is 1.65 bits per heavy atom. The lowest BCUT2D eigenvalue weighted by Crippen LogP contribution is -2.38. The quantitative estimate of drug-likeness (QED) is 0.689. The highest BCUT2D eigenvalue weighted by Gasteiger charge is 2.00. The number of hydrogen-bond acceptors (Lipinski definition) is 2. The van der Waals surface area contributed by atoms with Crippen molar-refractivity contribution in [1.82, 2.24) is 10.6 Å². The largest absolute Gasteiger partial charge is 0.492 e. The van der Waals surface area contributed by atoms with E-state index in [-0.39, 0.29) is 6.03 Å². The van der Waals surface area contributed by atoms with Crippen LogP contribution < -0.4 is 15.4 Å². The van der Waals surface area contributed by atoms with Gasteiger partial charge in [0.15, 0.2) is 0 Å². The van der Waals surface area contributed by atoms with Gasteiger partial charge >= 0.3 is 6.03 Å². The molecule has 2 N–H and O–H groups in total. The Bertz CT molecular complexity index is 588. The van der Waals surface area contributed by atoms with Crippen molar-refractivity contribution in [3.05, 3.63) is 64.6 Å². The van der Waals surface area contributed by atoms with Crippen LogP contribution in [0.25, 0.3) is 0 Å². The van der Waals surface area contributed by atoms with E-state index >= 15 is 0 Å². The maximum absolute atomic E-state index is 11.6. The van der Waals surface area contributed by atoms with Gasteiger partial charge in [-0.2, -0.15) is 0 Å². The van der Waals surface area contributed by atoms with Crippen LogP contribution in [0.15, 0.2) is 59.1 Å². The fourth-order valence-corrected chi connectivity index (χ4v) is 2.33. The van der Waals surface area contributed by atoms with Crippen LogP contribution in [-0.4, -0.2) is 25.7 Å². The molecule has 0 radical (unpaired) electrons. The van der Waals surface area contributed by atoms with E-state index in [9.17, 15) is 4.79 Å². The topological polar surface area (TPSA) is 50.4 Å². The number of benzene rings is 2. The fraction of sp³-hybridized carbons (Fsp3) is 0.278. The van der Waals surface area contributed by atoms with E-state index in [2.05, 4.69) is 38.7 Å². The van der Waals surface area contributed by atoms with Gasteiger partial charge in [0, 0.05) is 11.0 Å². The Morgan fingerprint density at radius 3 is 2.39 bits per heavy atom. The first-order valence-electron chi connectivity index (χ1n) is 7.68. The third-order valence-corrected chi connectivity index (χ3v) is 3.77. The van der Waals surface area contributed by atoms with E-state index in [0.29, 0.717) is 19.7 Å². The van der Waals surface area contributed by atoms with Gasteiger partial charge in [0.25, 0.3) is 0 Å². The first kappa shape index (κ1) is 17.3.